The molecule has 1 aromatic heterocycles. The molecule has 0 saturated carbocycles. The molecule has 0 aliphatic carbocycles. The normalized spacial score (nSPS) is 11.6. The van der Waals surface area contributed by atoms with E-state index in [0.717, 1.165) is 5.56 Å². The molecule has 0 fully saturated rings. The van der Waals surface area contributed by atoms with Crippen LogP contribution in [-0.2, 0) is 0 Å². The largest absolute Gasteiger partial charge is 0.459 e. The van der Waals surface area contributed by atoms with E-state index in [0.29, 0.717) is 25.4 Å². The molecule has 0 spiro atoms. The maximum absolute atomic E-state index is 12.2. The Morgan fingerprint density at radius 2 is 2.18 bits per heavy atom. The number of hydrogen-bond donors (Lipinski definition) is 1. The van der Waals surface area contributed by atoms with Gasteiger partial charge in [-0.15, -0.1) is 0 Å². The predicted octanol–water partition coefficient (Wildman–Crippen LogP) is 2.04. The molecule has 0 unspecified atom stereocenters. The second-order valence-corrected chi connectivity index (χ2v) is 5.12. The van der Waals surface area contributed by atoms with Crippen molar-refractivity contribution in [3.05, 3.63) is 23.7 Å². The summed E-state index contributed by atoms with van der Waals surface area (Å²) in [4.78, 5) is 14.0. The summed E-state index contributed by atoms with van der Waals surface area (Å²) in [6.45, 7) is 9.78. The van der Waals surface area contributed by atoms with Gasteiger partial charge in [-0.25, -0.2) is 0 Å². The van der Waals surface area contributed by atoms with Crippen molar-refractivity contribution in [2.24, 2.45) is 11.1 Å². The molecular weight excluding hydrogens is 216 g/mol. The quantitative estimate of drug-likeness (QED) is 0.854. The molecule has 2 N–H and O–H groups in total. The lowest BCUT2D eigenvalue weighted by Gasteiger charge is -2.30. The van der Waals surface area contributed by atoms with Crippen LogP contribution in [0.1, 0.15) is 36.9 Å². The van der Waals surface area contributed by atoms with Gasteiger partial charge >= 0.3 is 0 Å². The van der Waals surface area contributed by atoms with Crippen molar-refractivity contribution in [3.63, 3.8) is 0 Å². The Morgan fingerprint density at radius 3 is 2.59 bits per heavy atom. The second kappa shape index (κ2) is 5.36. The van der Waals surface area contributed by atoms with Gasteiger partial charge < -0.3 is 15.1 Å². The summed E-state index contributed by atoms with van der Waals surface area (Å²) in [6, 6.07) is 1.80. The summed E-state index contributed by atoms with van der Waals surface area (Å²) in [5.41, 5.74) is 6.49. The van der Waals surface area contributed by atoms with Crippen molar-refractivity contribution in [2.45, 2.75) is 27.7 Å². The third-order valence-corrected chi connectivity index (χ3v) is 2.90. The van der Waals surface area contributed by atoms with Crippen molar-refractivity contribution >= 4 is 5.91 Å². The van der Waals surface area contributed by atoms with Gasteiger partial charge in [0.2, 0.25) is 0 Å². The second-order valence-electron chi connectivity index (χ2n) is 5.12. The van der Waals surface area contributed by atoms with E-state index in [9.17, 15) is 4.79 Å². The van der Waals surface area contributed by atoms with Crippen LogP contribution in [0, 0.1) is 12.3 Å². The summed E-state index contributed by atoms with van der Waals surface area (Å²) < 4.78 is 5.23. The lowest BCUT2D eigenvalue weighted by atomic mass is 9.93. The summed E-state index contributed by atoms with van der Waals surface area (Å²) in [5.74, 6) is 0.371. The van der Waals surface area contributed by atoms with Crippen LogP contribution in [0.15, 0.2) is 16.7 Å². The molecule has 0 bridgehead atoms. The lowest BCUT2D eigenvalue weighted by molar-refractivity contribution is 0.0668. The molecule has 4 heteroatoms. The summed E-state index contributed by atoms with van der Waals surface area (Å²) in [6.07, 6.45) is 1.55. The van der Waals surface area contributed by atoms with Crippen LogP contribution in [0.3, 0.4) is 0 Å². The number of nitrogens with zero attached hydrogens (tertiary/aromatic N) is 1. The Hall–Kier alpha value is -1.29. The third kappa shape index (κ3) is 3.33. The van der Waals surface area contributed by atoms with Gasteiger partial charge in [0, 0.05) is 18.7 Å². The van der Waals surface area contributed by atoms with E-state index in [1.165, 1.54) is 0 Å². The average Bonchev–Trinajstić information content (AvgIpc) is 2.71. The van der Waals surface area contributed by atoms with Crippen LogP contribution in [0.25, 0.3) is 0 Å². The molecule has 0 atom stereocenters. The van der Waals surface area contributed by atoms with Crippen molar-refractivity contribution in [1.82, 2.24) is 4.90 Å². The summed E-state index contributed by atoms with van der Waals surface area (Å²) in [7, 11) is 0. The number of carbonyl (C=O) groups excluding carboxylic acids is 1. The fourth-order valence-electron chi connectivity index (χ4n) is 1.64. The van der Waals surface area contributed by atoms with E-state index in [1.807, 2.05) is 13.8 Å². The molecule has 1 amide bonds. The SMILES string of the molecule is CCN(CC(C)(C)CN)C(=O)c1occc1C. The Bertz CT molecular complexity index is 383. The molecule has 1 aromatic rings. The van der Waals surface area contributed by atoms with Crippen molar-refractivity contribution < 1.29 is 9.21 Å². The van der Waals surface area contributed by atoms with Crippen molar-refractivity contribution in [1.29, 1.82) is 0 Å². The first-order valence-electron chi connectivity index (χ1n) is 5.94. The number of amides is 1. The van der Waals surface area contributed by atoms with Gasteiger partial charge in [0.05, 0.1) is 6.26 Å². The molecule has 0 aliphatic rings. The van der Waals surface area contributed by atoms with Crippen molar-refractivity contribution in [3.8, 4) is 0 Å². The van der Waals surface area contributed by atoms with E-state index in [4.69, 9.17) is 10.2 Å². The molecule has 1 rings (SSSR count). The van der Waals surface area contributed by atoms with Crippen LogP contribution < -0.4 is 5.73 Å². The fourth-order valence-corrected chi connectivity index (χ4v) is 1.64. The highest BCUT2D eigenvalue weighted by molar-refractivity contribution is 5.92. The zero-order valence-electron chi connectivity index (χ0n) is 11.1. The zero-order chi connectivity index (χ0) is 13.1. The van der Waals surface area contributed by atoms with Gasteiger partial charge in [0.15, 0.2) is 5.76 Å². The first-order valence-corrected chi connectivity index (χ1v) is 5.94. The lowest BCUT2D eigenvalue weighted by Crippen LogP contribution is -2.42. The summed E-state index contributed by atoms with van der Waals surface area (Å²) in [5, 5.41) is 0. The van der Waals surface area contributed by atoms with E-state index in [-0.39, 0.29) is 11.3 Å². The Labute approximate surface area is 103 Å². The molecule has 0 aliphatic heterocycles. The topological polar surface area (TPSA) is 59.5 Å². The van der Waals surface area contributed by atoms with Crippen LogP contribution in [0.5, 0.6) is 0 Å². The number of furan rings is 1. The molecule has 0 saturated heterocycles. The van der Waals surface area contributed by atoms with Gasteiger partial charge in [0.1, 0.15) is 0 Å². The Balaban J connectivity index is 2.82. The summed E-state index contributed by atoms with van der Waals surface area (Å²) >= 11 is 0. The first kappa shape index (κ1) is 13.8. The Morgan fingerprint density at radius 1 is 1.53 bits per heavy atom. The van der Waals surface area contributed by atoms with Gasteiger partial charge in [-0.2, -0.15) is 0 Å². The first-order chi connectivity index (χ1) is 7.91. The third-order valence-electron chi connectivity index (χ3n) is 2.90. The number of carbonyl (C=O) groups is 1. The van der Waals surface area contributed by atoms with Gasteiger partial charge in [-0.05, 0) is 31.9 Å². The minimum atomic E-state index is -0.0772. The van der Waals surface area contributed by atoms with Gasteiger partial charge in [0.25, 0.3) is 5.91 Å². The molecular formula is C13H22N2O2. The number of hydrogen-bond acceptors (Lipinski definition) is 3. The number of aryl methyl sites for hydroxylation is 1. The van der Waals surface area contributed by atoms with Gasteiger partial charge in [-0.1, -0.05) is 13.8 Å². The van der Waals surface area contributed by atoms with E-state index in [2.05, 4.69) is 13.8 Å². The van der Waals surface area contributed by atoms with Crippen molar-refractivity contribution in [2.75, 3.05) is 19.6 Å². The monoisotopic (exact) mass is 238 g/mol. The molecule has 0 radical (unpaired) electrons. The van der Waals surface area contributed by atoms with Crippen LogP contribution in [-0.4, -0.2) is 30.4 Å². The van der Waals surface area contributed by atoms with E-state index in [1.54, 1.807) is 17.2 Å². The molecule has 0 aromatic carbocycles. The zero-order valence-corrected chi connectivity index (χ0v) is 11.1. The Kier molecular flexibility index (Phi) is 4.34. The predicted molar refractivity (Wildman–Crippen MR) is 67.9 cm³/mol. The average molecular weight is 238 g/mol. The minimum Gasteiger partial charge on any atom is -0.459 e. The standard InChI is InChI=1S/C13H22N2O2/c1-5-15(9-13(3,4)8-14)12(16)11-10(2)6-7-17-11/h6-7H,5,8-9,14H2,1-4H3. The molecule has 4 nitrogen and oxygen atoms in total. The highest BCUT2D eigenvalue weighted by Crippen LogP contribution is 2.18. The van der Waals surface area contributed by atoms with E-state index >= 15 is 0 Å². The van der Waals surface area contributed by atoms with E-state index < -0.39 is 0 Å². The molecule has 1 heterocycles. The smallest absolute Gasteiger partial charge is 0.289 e. The maximum Gasteiger partial charge on any atom is 0.289 e. The fraction of sp³-hybridized carbons (Fsp3) is 0.615. The number of rotatable bonds is 5. The van der Waals surface area contributed by atoms with Gasteiger partial charge in [-0.3, -0.25) is 4.79 Å². The maximum atomic E-state index is 12.2. The highest BCUT2D eigenvalue weighted by Gasteiger charge is 2.25. The molecule has 17 heavy (non-hydrogen) atoms. The molecule has 96 valence electrons. The van der Waals surface area contributed by atoms with Crippen LogP contribution >= 0.6 is 0 Å². The van der Waals surface area contributed by atoms with Crippen LogP contribution in [0.2, 0.25) is 0 Å². The highest BCUT2D eigenvalue weighted by atomic mass is 16.3. The number of nitrogens with two attached hydrogens (primary N) is 1. The van der Waals surface area contributed by atoms with Crippen LogP contribution in [0.4, 0.5) is 0 Å². The minimum absolute atomic E-state index is 0.0588.